The van der Waals surface area contributed by atoms with E-state index in [-0.39, 0.29) is 17.9 Å². The molecule has 1 heterocycles. The van der Waals surface area contributed by atoms with Crippen LogP contribution in [0.4, 0.5) is 5.69 Å². The van der Waals surface area contributed by atoms with Crippen molar-refractivity contribution in [2.75, 3.05) is 25.1 Å². The molecule has 0 aromatic heterocycles. The van der Waals surface area contributed by atoms with Crippen LogP contribution in [0.1, 0.15) is 25.3 Å². The molecule has 0 saturated carbocycles. The minimum absolute atomic E-state index is 0.164. The molecule has 0 aliphatic carbocycles. The predicted octanol–water partition coefficient (Wildman–Crippen LogP) is 2.77. The Labute approximate surface area is 120 Å². The first kappa shape index (κ1) is 14.9. The Bertz CT molecular complexity index is 441. The molecule has 0 radical (unpaired) electrons. The molecule has 2 rings (SSSR count). The monoisotopic (exact) mass is 277 g/mol. The number of carbonyl (C=O) groups excluding carboxylic acids is 1. The van der Waals surface area contributed by atoms with Crippen molar-refractivity contribution < 1.29 is 14.3 Å². The Morgan fingerprint density at radius 3 is 2.75 bits per heavy atom. The van der Waals surface area contributed by atoms with E-state index < -0.39 is 0 Å². The van der Waals surface area contributed by atoms with E-state index in [2.05, 4.69) is 5.32 Å². The van der Waals surface area contributed by atoms with Gasteiger partial charge >= 0.3 is 5.97 Å². The molecule has 1 atom stereocenters. The average molecular weight is 277 g/mol. The molecule has 1 unspecified atom stereocenters. The van der Waals surface area contributed by atoms with Crippen molar-refractivity contribution in [1.29, 1.82) is 0 Å². The van der Waals surface area contributed by atoms with E-state index in [0.717, 1.165) is 37.3 Å². The van der Waals surface area contributed by atoms with E-state index >= 15 is 0 Å². The number of carbonyl (C=O) groups is 1. The maximum Gasteiger partial charge on any atom is 0.328 e. The van der Waals surface area contributed by atoms with Crippen molar-refractivity contribution in [2.24, 2.45) is 5.92 Å². The molecule has 4 nitrogen and oxygen atoms in total. The van der Waals surface area contributed by atoms with Gasteiger partial charge in [0.15, 0.2) is 0 Å². The minimum Gasteiger partial charge on any atom is -0.464 e. The molecule has 1 aliphatic rings. The van der Waals surface area contributed by atoms with E-state index in [1.165, 1.54) is 0 Å². The van der Waals surface area contributed by atoms with Crippen molar-refractivity contribution in [1.82, 2.24) is 0 Å². The zero-order chi connectivity index (χ0) is 14.4. The molecule has 0 bridgehead atoms. The largest absolute Gasteiger partial charge is 0.464 e. The molecule has 1 fully saturated rings. The van der Waals surface area contributed by atoms with Crippen LogP contribution in [0.2, 0.25) is 0 Å². The predicted molar refractivity (Wildman–Crippen MR) is 78.8 cm³/mol. The summed E-state index contributed by atoms with van der Waals surface area (Å²) in [5.41, 5.74) is 2.13. The van der Waals surface area contributed by atoms with Crippen LogP contribution in [0.5, 0.6) is 0 Å². The lowest BCUT2D eigenvalue weighted by atomic mass is 9.91. The molecule has 4 heteroatoms. The minimum atomic E-state index is -0.292. The summed E-state index contributed by atoms with van der Waals surface area (Å²) in [4.78, 5) is 12.2. The molecular weight excluding hydrogens is 254 g/mol. The third kappa shape index (κ3) is 3.73. The normalized spacial score (nSPS) is 17.5. The third-order valence-corrected chi connectivity index (χ3v) is 3.73. The topological polar surface area (TPSA) is 47.6 Å². The number of rotatable bonds is 5. The van der Waals surface area contributed by atoms with Gasteiger partial charge in [-0.05, 0) is 44.2 Å². The van der Waals surface area contributed by atoms with Gasteiger partial charge in [-0.1, -0.05) is 18.2 Å². The molecule has 1 aromatic carbocycles. The van der Waals surface area contributed by atoms with Crippen LogP contribution < -0.4 is 5.32 Å². The Hall–Kier alpha value is -1.55. The molecule has 0 amide bonds. The van der Waals surface area contributed by atoms with Crippen molar-refractivity contribution in [3.05, 3.63) is 29.8 Å². The molecular formula is C16H23NO3. The lowest BCUT2D eigenvalue weighted by molar-refractivity contribution is -0.146. The summed E-state index contributed by atoms with van der Waals surface area (Å²) in [7, 11) is 0. The van der Waals surface area contributed by atoms with E-state index in [0.29, 0.717) is 6.61 Å². The Morgan fingerprint density at radius 1 is 1.40 bits per heavy atom. The Balaban J connectivity index is 2.13. The fourth-order valence-corrected chi connectivity index (χ4v) is 2.55. The van der Waals surface area contributed by atoms with Crippen LogP contribution in [0.3, 0.4) is 0 Å². The molecule has 1 aromatic rings. The quantitative estimate of drug-likeness (QED) is 0.841. The molecule has 1 N–H and O–H groups in total. The zero-order valence-electron chi connectivity index (χ0n) is 12.2. The van der Waals surface area contributed by atoms with E-state index in [4.69, 9.17) is 9.47 Å². The van der Waals surface area contributed by atoms with Crippen LogP contribution in [0.15, 0.2) is 24.3 Å². The first-order valence-corrected chi connectivity index (χ1v) is 7.29. The van der Waals surface area contributed by atoms with Gasteiger partial charge in [-0.2, -0.15) is 0 Å². The fourth-order valence-electron chi connectivity index (χ4n) is 2.55. The highest BCUT2D eigenvalue weighted by Gasteiger charge is 2.31. The lowest BCUT2D eigenvalue weighted by Crippen LogP contribution is -2.41. The second-order valence-corrected chi connectivity index (χ2v) is 5.14. The van der Waals surface area contributed by atoms with Crippen LogP contribution >= 0.6 is 0 Å². The van der Waals surface area contributed by atoms with Gasteiger partial charge in [0.1, 0.15) is 6.04 Å². The van der Waals surface area contributed by atoms with Crippen LogP contribution in [0.25, 0.3) is 0 Å². The van der Waals surface area contributed by atoms with Gasteiger partial charge < -0.3 is 14.8 Å². The first-order valence-electron chi connectivity index (χ1n) is 7.29. The van der Waals surface area contributed by atoms with Crippen LogP contribution in [-0.4, -0.2) is 31.8 Å². The highest BCUT2D eigenvalue weighted by atomic mass is 16.5. The van der Waals surface area contributed by atoms with Gasteiger partial charge in [0.25, 0.3) is 0 Å². The van der Waals surface area contributed by atoms with Gasteiger partial charge in [0.2, 0.25) is 0 Å². The van der Waals surface area contributed by atoms with E-state index in [1.807, 2.05) is 38.1 Å². The number of ether oxygens (including phenoxy) is 2. The summed E-state index contributed by atoms with van der Waals surface area (Å²) in [6.45, 7) is 5.72. The number of benzene rings is 1. The Kier molecular flexibility index (Phi) is 5.41. The molecule has 20 heavy (non-hydrogen) atoms. The number of para-hydroxylation sites is 1. The van der Waals surface area contributed by atoms with Crippen molar-refractivity contribution in [3.63, 3.8) is 0 Å². The second kappa shape index (κ2) is 7.29. The van der Waals surface area contributed by atoms with Gasteiger partial charge in [0.05, 0.1) is 6.61 Å². The van der Waals surface area contributed by atoms with Gasteiger partial charge in [-0.25, -0.2) is 4.79 Å². The lowest BCUT2D eigenvalue weighted by Gasteiger charge is -2.30. The SMILES string of the molecule is CCOC(=O)C(Nc1ccccc1C)C1CCOCC1. The zero-order valence-corrected chi connectivity index (χ0v) is 12.2. The maximum absolute atomic E-state index is 12.2. The van der Waals surface area contributed by atoms with Crippen molar-refractivity contribution in [2.45, 2.75) is 32.7 Å². The molecule has 0 spiro atoms. The first-order chi connectivity index (χ1) is 9.72. The highest BCUT2D eigenvalue weighted by Crippen LogP contribution is 2.24. The Morgan fingerprint density at radius 2 is 2.10 bits per heavy atom. The van der Waals surface area contributed by atoms with Crippen LogP contribution in [-0.2, 0) is 14.3 Å². The summed E-state index contributed by atoms with van der Waals surface area (Å²) in [5.74, 6) is 0.102. The number of nitrogens with one attached hydrogen (secondary N) is 1. The summed E-state index contributed by atoms with van der Waals surface area (Å²) in [5, 5.41) is 3.37. The number of aryl methyl sites for hydroxylation is 1. The summed E-state index contributed by atoms with van der Waals surface area (Å²) in [6, 6.07) is 7.71. The van der Waals surface area contributed by atoms with Gasteiger partial charge in [-0.3, -0.25) is 0 Å². The summed E-state index contributed by atoms with van der Waals surface area (Å²) in [6.07, 6.45) is 1.78. The number of anilines is 1. The number of esters is 1. The molecule has 110 valence electrons. The summed E-state index contributed by atoms with van der Waals surface area (Å²) < 4.78 is 10.6. The van der Waals surface area contributed by atoms with Crippen molar-refractivity contribution in [3.8, 4) is 0 Å². The van der Waals surface area contributed by atoms with Gasteiger partial charge in [0, 0.05) is 18.9 Å². The van der Waals surface area contributed by atoms with E-state index in [1.54, 1.807) is 0 Å². The van der Waals surface area contributed by atoms with Crippen molar-refractivity contribution >= 4 is 11.7 Å². The molecule has 1 aliphatic heterocycles. The smallest absolute Gasteiger partial charge is 0.328 e. The van der Waals surface area contributed by atoms with E-state index in [9.17, 15) is 4.79 Å². The standard InChI is InChI=1S/C16H23NO3/c1-3-20-16(18)15(13-8-10-19-11-9-13)17-14-7-5-4-6-12(14)2/h4-7,13,15,17H,3,8-11H2,1-2H3. The van der Waals surface area contributed by atoms with Gasteiger partial charge in [-0.15, -0.1) is 0 Å². The van der Waals surface area contributed by atoms with Crippen LogP contribution in [0, 0.1) is 12.8 Å². The highest BCUT2D eigenvalue weighted by molar-refractivity contribution is 5.80. The number of hydrogen-bond donors (Lipinski definition) is 1. The maximum atomic E-state index is 12.2. The third-order valence-electron chi connectivity index (χ3n) is 3.73. The second-order valence-electron chi connectivity index (χ2n) is 5.14. The summed E-state index contributed by atoms with van der Waals surface area (Å²) >= 11 is 0. The number of hydrogen-bond acceptors (Lipinski definition) is 4. The average Bonchev–Trinajstić information content (AvgIpc) is 2.47. The fraction of sp³-hybridized carbons (Fsp3) is 0.562. The molecule has 1 saturated heterocycles.